The molecule has 1 fully saturated rings. The predicted molar refractivity (Wildman–Crippen MR) is 107 cm³/mol. The molecule has 1 aliphatic heterocycles. The van der Waals surface area contributed by atoms with Gasteiger partial charge in [0.25, 0.3) is 5.91 Å². The number of hydrogen-bond donors (Lipinski definition) is 1. The van der Waals surface area contributed by atoms with Crippen molar-refractivity contribution >= 4 is 23.6 Å². The van der Waals surface area contributed by atoms with E-state index < -0.39 is 0 Å². The van der Waals surface area contributed by atoms with Gasteiger partial charge in [0.05, 0.1) is 6.61 Å². The first-order chi connectivity index (χ1) is 13.5. The van der Waals surface area contributed by atoms with Crippen LogP contribution in [-0.2, 0) is 4.74 Å². The van der Waals surface area contributed by atoms with Gasteiger partial charge in [0.2, 0.25) is 5.95 Å². The molecule has 8 heteroatoms. The number of carbonyl (C=O) groups excluding carboxylic acids is 2. The topological polar surface area (TPSA) is 87.7 Å². The number of para-hydroxylation sites is 1. The second-order valence-electron chi connectivity index (χ2n) is 6.64. The summed E-state index contributed by atoms with van der Waals surface area (Å²) in [5.41, 5.74) is 3.10. The van der Waals surface area contributed by atoms with Crippen molar-refractivity contribution in [3.05, 3.63) is 47.3 Å². The van der Waals surface area contributed by atoms with E-state index in [4.69, 9.17) is 4.74 Å². The van der Waals surface area contributed by atoms with Crippen LogP contribution in [0.1, 0.15) is 28.5 Å². The highest BCUT2D eigenvalue weighted by molar-refractivity contribution is 6.03. The summed E-state index contributed by atoms with van der Waals surface area (Å²) in [6, 6.07) is 7.47. The zero-order chi connectivity index (χ0) is 20.1. The lowest BCUT2D eigenvalue weighted by Crippen LogP contribution is -2.49. The van der Waals surface area contributed by atoms with E-state index in [1.54, 1.807) is 24.1 Å². The maximum atomic E-state index is 12.7. The van der Waals surface area contributed by atoms with Crippen molar-refractivity contribution < 1.29 is 14.3 Å². The van der Waals surface area contributed by atoms with Crippen LogP contribution >= 0.6 is 0 Å². The first-order valence-electron chi connectivity index (χ1n) is 9.37. The Morgan fingerprint density at radius 2 is 1.79 bits per heavy atom. The summed E-state index contributed by atoms with van der Waals surface area (Å²) in [5.74, 6) is 0.212. The van der Waals surface area contributed by atoms with E-state index >= 15 is 0 Å². The van der Waals surface area contributed by atoms with Crippen molar-refractivity contribution in [1.29, 1.82) is 0 Å². The zero-order valence-electron chi connectivity index (χ0n) is 16.4. The molecule has 1 N–H and O–H groups in total. The van der Waals surface area contributed by atoms with E-state index in [2.05, 4.69) is 15.3 Å². The molecule has 3 rings (SSSR count). The molecule has 2 amide bonds. The first kappa shape index (κ1) is 19.6. The van der Waals surface area contributed by atoms with Crippen LogP contribution < -0.4 is 10.2 Å². The molecule has 148 valence electrons. The van der Waals surface area contributed by atoms with E-state index in [0.717, 1.165) is 16.8 Å². The Bertz CT molecular complexity index is 842. The summed E-state index contributed by atoms with van der Waals surface area (Å²) in [6.45, 7) is 8.29. The van der Waals surface area contributed by atoms with E-state index in [-0.39, 0.29) is 12.0 Å². The number of aromatic nitrogens is 2. The van der Waals surface area contributed by atoms with Gasteiger partial charge in [-0.2, -0.15) is 0 Å². The molecular weight excluding hydrogens is 358 g/mol. The summed E-state index contributed by atoms with van der Waals surface area (Å²) in [7, 11) is 0. The Morgan fingerprint density at radius 1 is 1.11 bits per heavy atom. The quantitative estimate of drug-likeness (QED) is 0.873. The third kappa shape index (κ3) is 4.39. The van der Waals surface area contributed by atoms with Crippen LogP contribution in [0.15, 0.2) is 30.5 Å². The molecular formula is C20H25N5O3. The van der Waals surface area contributed by atoms with Gasteiger partial charge in [-0.15, -0.1) is 0 Å². The van der Waals surface area contributed by atoms with Crippen LogP contribution in [0.2, 0.25) is 0 Å². The minimum Gasteiger partial charge on any atom is -0.450 e. The zero-order valence-corrected chi connectivity index (χ0v) is 16.4. The van der Waals surface area contributed by atoms with Gasteiger partial charge in [0.1, 0.15) is 5.69 Å². The number of nitrogens with one attached hydrogen (secondary N) is 1. The van der Waals surface area contributed by atoms with Gasteiger partial charge in [-0.3, -0.25) is 4.79 Å². The second-order valence-corrected chi connectivity index (χ2v) is 6.64. The summed E-state index contributed by atoms with van der Waals surface area (Å²) >= 11 is 0. The summed E-state index contributed by atoms with van der Waals surface area (Å²) < 4.78 is 5.03. The van der Waals surface area contributed by atoms with E-state index in [1.165, 1.54) is 0 Å². The Labute approximate surface area is 164 Å². The fourth-order valence-corrected chi connectivity index (χ4v) is 3.12. The number of ether oxygens (including phenoxy) is 1. The van der Waals surface area contributed by atoms with Crippen molar-refractivity contribution in [1.82, 2.24) is 14.9 Å². The van der Waals surface area contributed by atoms with Gasteiger partial charge in [-0.05, 0) is 38.0 Å². The standard InChI is InChI=1S/C20H25N5O3/c1-4-28-20(27)25-12-10-24(11-13-25)19-21-9-8-16(22-19)18(26)23-17-14(2)6-5-7-15(17)3/h5-9H,4,10-13H2,1-3H3,(H,23,26). The maximum Gasteiger partial charge on any atom is 0.409 e. The highest BCUT2D eigenvalue weighted by Crippen LogP contribution is 2.20. The Kier molecular flexibility index (Phi) is 6.08. The molecule has 0 aliphatic carbocycles. The van der Waals surface area contributed by atoms with Crippen molar-refractivity contribution in [2.45, 2.75) is 20.8 Å². The predicted octanol–water partition coefficient (Wildman–Crippen LogP) is 2.62. The van der Waals surface area contributed by atoms with Crippen LogP contribution in [0.4, 0.5) is 16.4 Å². The Balaban J connectivity index is 1.68. The Morgan fingerprint density at radius 3 is 2.43 bits per heavy atom. The van der Waals surface area contributed by atoms with E-state index in [9.17, 15) is 9.59 Å². The van der Waals surface area contributed by atoms with Crippen LogP contribution in [0.3, 0.4) is 0 Å². The molecule has 8 nitrogen and oxygen atoms in total. The summed E-state index contributed by atoms with van der Waals surface area (Å²) in [6.07, 6.45) is 1.28. The van der Waals surface area contributed by atoms with Gasteiger partial charge in [-0.1, -0.05) is 18.2 Å². The number of aryl methyl sites for hydroxylation is 2. The SMILES string of the molecule is CCOC(=O)N1CCN(c2nccc(C(=O)Nc3c(C)cccc3C)n2)CC1. The highest BCUT2D eigenvalue weighted by Gasteiger charge is 2.24. The molecule has 1 aromatic heterocycles. The van der Waals surface area contributed by atoms with E-state index in [0.29, 0.717) is 44.4 Å². The number of anilines is 2. The molecule has 0 spiro atoms. The van der Waals surface area contributed by atoms with Gasteiger partial charge < -0.3 is 19.9 Å². The van der Waals surface area contributed by atoms with Crippen molar-refractivity contribution in [3.63, 3.8) is 0 Å². The lowest BCUT2D eigenvalue weighted by Gasteiger charge is -2.34. The number of nitrogens with zero attached hydrogens (tertiary/aromatic N) is 4. The molecule has 1 aromatic carbocycles. The molecule has 2 aromatic rings. The third-order valence-corrected chi connectivity index (χ3v) is 4.68. The average Bonchev–Trinajstić information content (AvgIpc) is 2.71. The minimum atomic E-state index is -0.301. The van der Waals surface area contributed by atoms with Gasteiger partial charge in [-0.25, -0.2) is 14.8 Å². The van der Waals surface area contributed by atoms with E-state index in [1.807, 2.05) is 36.9 Å². The van der Waals surface area contributed by atoms with Crippen LogP contribution in [0.5, 0.6) is 0 Å². The fourth-order valence-electron chi connectivity index (χ4n) is 3.12. The number of carbonyl (C=O) groups is 2. The number of amides is 2. The molecule has 0 bridgehead atoms. The molecule has 1 aliphatic rings. The number of hydrogen-bond acceptors (Lipinski definition) is 6. The largest absolute Gasteiger partial charge is 0.450 e. The van der Waals surface area contributed by atoms with Crippen LogP contribution in [-0.4, -0.2) is 59.7 Å². The molecule has 0 saturated carbocycles. The monoisotopic (exact) mass is 383 g/mol. The average molecular weight is 383 g/mol. The maximum absolute atomic E-state index is 12.7. The molecule has 28 heavy (non-hydrogen) atoms. The second kappa shape index (κ2) is 8.69. The third-order valence-electron chi connectivity index (χ3n) is 4.68. The molecule has 0 unspecified atom stereocenters. The van der Waals surface area contributed by atoms with Gasteiger partial charge in [0.15, 0.2) is 0 Å². The van der Waals surface area contributed by atoms with Crippen molar-refractivity contribution in [2.75, 3.05) is 43.0 Å². The molecule has 2 heterocycles. The van der Waals surface area contributed by atoms with Crippen molar-refractivity contribution in [3.8, 4) is 0 Å². The molecule has 1 saturated heterocycles. The van der Waals surface area contributed by atoms with Gasteiger partial charge >= 0.3 is 6.09 Å². The summed E-state index contributed by atoms with van der Waals surface area (Å²) in [5, 5.41) is 2.94. The normalized spacial score (nSPS) is 14.0. The van der Waals surface area contributed by atoms with Crippen molar-refractivity contribution in [2.24, 2.45) is 0 Å². The lowest BCUT2D eigenvalue weighted by molar-refractivity contribution is 0.102. The molecule has 0 atom stereocenters. The smallest absolute Gasteiger partial charge is 0.409 e. The highest BCUT2D eigenvalue weighted by atomic mass is 16.6. The van der Waals surface area contributed by atoms with Gasteiger partial charge in [0, 0.05) is 38.1 Å². The Hall–Kier alpha value is -3.16. The molecule has 0 radical (unpaired) electrons. The number of rotatable bonds is 4. The summed E-state index contributed by atoms with van der Waals surface area (Å²) in [4.78, 5) is 36.8. The van der Waals surface area contributed by atoms with Crippen LogP contribution in [0, 0.1) is 13.8 Å². The minimum absolute atomic E-state index is 0.272. The number of benzene rings is 1. The number of piperazine rings is 1. The lowest BCUT2D eigenvalue weighted by atomic mass is 10.1. The first-order valence-corrected chi connectivity index (χ1v) is 9.37. The van der Waals surface area contributed by atoms with Crippen LogP contribution in [0.25, 0.3) is 0 Å². The fraction of sp³-hybridized carbons (Fsp3) is 0.400.